The molecule has 3 aliphatic carbocycles. The third-order valence-electron chi connectivity index (χ3n) is 4.68. The Morgan fingerprint density at radius 2 is 1.75 bits per heavy atom. The monoisotopic (exact) mass is 166 g/mol. The second-order valence-corrected chi connectivity index (χ2v) is 5.06. The zero-order valence-electron chi connectivity index (χ0n) is 7.58. The van der Waals surface area contributed by atoms with Gasteiger partial charge in [-0.25, -0.2) is 0 Å². The molecule has 1 nitrogen and oxygen atoms in total. The van der Waals surface area contributed by atoms with Crippen LogP contribution in [0.15, 0.2) is 0 Å². The first kappa shape index (κ1) is 7.37. The van der Waals surface area contributed by atoms with E-state index < -0.39 is 0 Å². The number of aliphatic hydroxyl groups is 1. The minimum Gasteiger partial charge on any atom is -0.393 e. The largest absolute Gasteiger partial charge is 0.393 e. The van der Waals surface area contributed by atoms with Crippen molar-refractivity contribution in [2.45, 2.75) is 44.6 Å². The van der Waals surface area contributed by atoms with Gasteiger partial charge in [-0.05, 0) is 49.4 Å². The molecule has 5 atom stereocenters. The number of hydrogen-bond acceptors (Lipinski definition) is 1. The van der Waals surface area contributed by atoms with Crippen molar-refractivity contribution in [3.8, 4) is 0 Å². The lowest BCUT2D eigenvalue weighted by molar-refractivity contribution is 0.121. The van der Waals surface area contributed by atoms with Crippen molar-refractivity contribution in [2.75, 3.05) is 0 Å². The topological polar surface area (TPSA) is 20.2 Å². The SMILES string of the molecule is OC1CCC2C1CC1CCCC12. The summed E-state index contributed by atoms with van der Waals surface area (Å²) in [6.45, 7) is 0. The molecule has 0 saturated heterocycles. The van der Waals surface area contributed by atoms with Crippen LogP contribution in [0.25, 0.3) is 0 Å². The van der Waals surface area contributed by atoms with E-state index in [4.69, 9.17) is 0 Å². The highest BCUT2D eigenvalue weighted by atomic mass is 16.3. The Hall–Kier alpha value is -0.0400. The van der Waals surface area contributed by atoms with Crippen LogP contribution in [0.1, 0.15) is 38.5 Å². The minimum atomic E-state index is 0.0700. The molecule has 5 unspecified atom stereocenters. The molecule has 3 rings (SSSR count). The average molecular weight is 166 g/mol. The molecule has 0 aliphatic heterocycles. The van der Waals surface area contributed by atoms with Crippen molar-refractivity contribution in [3.63, 3.8) is 0 Å². The molecule has 0 aromatic heterocycles. The van der Waals surface area contributed by atoms with E-state index in [0.717, 1.165) is 24.2 Å². The Morgan fingerprint density at radius 1 is 0.833 bits per heavy atom. The lowest BCUT2D eigenvalue weighted by atomic mass is 9.90. The van der Waals surface area contributed by atoms with Crippen LogP contribution in [-0.2, 0) is 0 Å². The van der Waals surface area contributed by atoms with Crippen molar-refractivity contribution in [1.29, 1.82) is 0 Å². The second-order valence-electron chi connectivity index (χ2n) is 5.06. The lowest BCUT2D eigenvalue weighted by Crippen LogP contribution is -2.15. The van der Waals surface area contributed by atoms with Gasteiger partial charge in [-0.2, -0.15) is 0 Å². The molecule has 1 N–H and O–H groups in total. The summed E-state index contributed by atoms with van der Waals surface area (Å²) in [5.41, 5.74) is 0. The van der Waals surface area contributed by atoms with Gasteiger partial charge in [0.2, 0.25) is 0 Å². The summed E-state index contributed by atoms with van der Waals surface area (Å²) in [5, 5.41) is 9.75. The fourth-order valence-electron chi connectivity index (χ4n) is 4.21. The van der Waals surface area contributed by atoms with Crippen molar-refractivity contribution in [1.82, 2.24) is 0 Å². The van der Waals surface area contributed by atoms with Crippen molar-refractivity contribution in [3.05, 3.63) is 0 Å². The highest BCUT2D eigenvalue weighted by molar-refractivity contribution is 5.00. The van der Waals surface area contributed by atoms with Crippen LogP contribution in [0, 0.1) is 23.7 Å². The first-order valence-corrected chi connectivity index (χ1v) is 5.54. The molecular weight excluding hydrogens is 148 g/mol. The quantitative estimate of drug-likeness (QED) is 0.585. The fourth-order valence-corrected chi connectivity index (χ4v) is 4.21. The first-order chi connectivity index (χ1) is 5.86. The van der Waals surface area contributed by atoms with E-state index in [1.54, 1.807) is 0 Å². The summed E-state index contributed by atoms with van der Waals surface area (Å²) in [4.78, 5) is 0. The molecule has 68 valence electrons. The summed E-state index contributed by atoms with van der Waals surface area (Å²) in [7, 11) is 0. The van der Waals surface area contributed by atoms with Crippen LogP contribution in [-0.4, -0.2) is 11.2 Å². The average Bonchev–Trinajstić information content (AvgIpc) is 2.63. The molecule has 0 bridgehead atoms. The highest BCUT2D eigenvalue weighted by Crippen LogP contribution is 2.56. The summed E-state index contributed by atoms with van der Waals surface area (Å²) in [6, 6.07) is 0. The Bertz CT molecular complexity index is 187. The normalized spacial score (nSPS) is 57.2. The van der Waals surface area contributed by atoms with Gasteiger partial charge in [-0.15, -0.1) is 0 Å². The number of aliphatic hydroxyl groups excluding tert-OH is 1. The van der Waals surface area contributed by atoms with Gasteiger partial charge in [0, 0.05) is 0 Å². The molecule has 0 radical (unpaired) electrons. The maximum Gasteiger partial charge on any atom is 0.0571 e. The molecule has 0 amide bonds. The number of hydrogen-bond donors (Lipinski definition) is 1. The lowest BCUT2D eigenvalue weighted by Gasteiger charge is -2.16. The van der Waals surface area contributed by atoms with Crippen LogP contribution in [0.4, 0.5) is 0 Å². The van der Waals surface area contributed by atoms with E-state index in [9.17, 15) is 5.11 Å². The van der Waals surface area contributed by atoms with Crippen molar-refractivity contribution >= 4 is 0 Å². The maximum atomic E-state index is 9.75. The summed E-state index contributed by atoms with van der Waals surface area (Å²) >= 11 is 0. The Labute approximate surface area is 74.2 Å². The molecule has 3 aliphatic rings. The second kappa shape index (κ2) is 2.47. The number of fused-ring (bicyclic) bond motifs is 3. The minimum absolute atomic E-state index is 0.0700. The van der Waals surface area contributed by atoms with E-state index in [-0.39, 0.29) is 6.10 Å². The first-order valence-electron chi connectivity index (χ1n) is 5.54. The third kappa shape index (κ3) is 0.834. The maximum absolute atomic E-state index is 9.75. The van der Waals surface area contributed by atoms with Gasteiger partial charge >= 0.3 is 0 Å². The highest BCUT2D eigenvalue weighted by Gasteiger charge is 2.50. The zero-order chi connectivity index (χ0) is 8.13. The molecule has 1 heteroatoms. The van der Waals surface area contributed by atoms with Gasteiger partial charge in [0.15, 0.2) is 0 Å². The predicted octanol–water partition coefficient (Wildman–Crippen LogP) is 2.19. The molecule has 0 aromatic rings. The molecule has 12 heavy (non-hydrogen) atoms. The van der Waals surface area contributed by atoms with Gasteiger partial charge in [-0.1, -0.05) is 12.8 Å². The van der Waals surface area contributed by atoms with Crippen LogP contribution >= 0.6 is 0 Å². The van der Waals surface area contributed by atoms with Gasteiger partial charge in [0.1, 0.15) is 0 Å². The van der Waals surface area contributed by atoms with Crippen LogP contribution in [0.5, 0.6) is 0 Å². The molecular formula is C11H18O. The number of rotatable bonds is 0. The smallest absolute Gasteiger partial charge is 0.0571 e. The molecule has 3 saturated carbocycles. The van der Waals surface area contributed by atoms with E-state index in [0.29, 0.717) is 5.92 Å². The Balaban J connectivity index is 1.83. The van der Waals surface area contributed by atoms with E-state index in [1.807, 2.05) is 0 Å². The molecule has 0 spiro atoms. The summed E-state index contributed by atoms with van der Waals surface area (Å²) in [6.07, 6.45) is 8.25. The van der Waals surface area contributed by atoms with Gasteiger partial charge in [0.05, 0.1) is 6.10 Å². The fraction of sp³-hybridized carbons (Fsp3) is 1.00. The van der Waals surface area contributed by atoms with E-state index in [1.165, 1.54) is 32.1 Å². The van der Waals surface area contributed by atoms with E-state index >= 15 is 0 Å². The van der Waals surface area contributed by atoms with Crippen LogP contribution in [0.3, 0.4) is 0 Å². The van der Waals surface area contributed by atoms with Gasteiger partial charge < -0.3 is 5.11 Å². The third-order valence-corrected chi connectivity index (χ3v) is 4.68. The zero-order valence-corrected chi connectivity index (χ0v) is 7.58. The van der Waals surface area contributed by atoms with Gasteiger partial charge in [-0.3, -0.25) is 0 Å². The van der Waals surface area contributed by atoms with E-state index in [2.05, 4.69) is 0 Å². The molecule has 0 aromatic carbocycles. The van der Waals surface area contributed by atoms with Gasteiger partial charge in [0.25, 0.3) is 0 Å². The predicted molar refractivity (Wildman–Crippen MR) is 47.7 cm³/mol. The van der Waals surface area contributed by atoms with Crippen LogP contribution < -0.4 is 0 Å². The summed E-state index contributed by atoms with van der Waals surface area (Å²) < 4.78 is 0. The Kier molecular flexibility index (Phi) is 1.52. The summed E-state index contributed by atoms with van der Waals surface area (Å²) in [5.74, 6) is 3.66. The van der Waals surface area contributed by atoms with Crippen LogP contribution in [0.2, 0.25) is 0 Å². The Morgan fingerprint density at radius 3 is 2.67 bits per heavy atom. The standard InChI is InChI=1S/C11H18O/c12-11-5-4-9-8-3-1-2-7(8)6-10(9)11/h7-12H,1-6H2. The molecule has 0 heterocycles. The molecule has 3 fully saturated rings. The van der Waals surface area contributed by atoms with Crippen molar-refractivity contribution in [2.24, 2.45) is 23.7 Å². The van der Waals surface area contributed by atoms with Crippen molar-refractivity contribution < 1.29 is 5.11 Å².